The van der Waals surface area contributed by atoms with Crippen molar-refractivity contribution < 1.29 is 13.9 Å². The van der Waals surface area contributed by atoms with Gasteiger partial charge in [0.1, 0.15) is 11.3 Å². The highest BCUT2D eigenvalue weighted by Crippen LogP contribution is 2.31. The van der Waals surface area contributed by atoms with E-state index in [-0.39, 0.29) is 18.1 Å². The summed E-state index contributed by atoms with van der Waals surface area (Å²) in [6.07, 6.45) is 1.75. The number of benzene rings is 1. The Morgan fingerprint density at radius 1 is 1.15 bits per heavy atom. The van der Waals surface area contributed by atoms with E-state index < -0.39 is 0 Å². The first-order valence-electron chi connectivity index (χ1n) is 8.60. The van der Waals surface area contributed by atoms with Crippen LogP contribution in [-0.4, -0.2) is 41.1 Å². The number of carbonyl (C=O) groups is 1. The molecule has 1 fully saturated rings. The van der Waals surface area contributed by atoms with Crippen LogP contribution in [0.5, 0.6) is 0 Å². The van der Waals surface area contributed by atoms with E-state index in [1.54, 1.807) is 12.3 Å². The van der Waals surface area contributed by atoms with Crippen molar-refractivity contribution in [3.8, 4) is 11.3 Å². The van der Waals surface area contributed by atoms with Gasteiger partial charge >= 0.3 is 0 Å². The van der Waals surface area contributed by atoms with Crippen molar-refractivity contribution in [2.45, 2.75) is 26.1 Å². The van der Waals surface area contributed by atoms with Gasteiger partial charge in [0.2, 0.25) is 0 Å². The van der Waals surface area contributed by atoms with E-state index in [0.717, 1.165) is 5.56 Å². The molecule has 1 amide bonds. The minimum absolute atomic E-state index is 0.0212. The molecule has 3 aromatic rings. The van der Waals surface area contributed by atoms with Crippen molar-refractivity contribution in [2.24, 2.45) is 0 Å². The molecule has 1 aromatic carbocycles. The smallest absolute Gasteiger partial charge is 0.254 e. The van der Waals surface area contributed by atoms with Crippen LogP contribution in [0, 0.1) is 0 Å². The summed E-state index contributed by atoms with van der Waals surface area (Å²) in [4.78, 5) is 18.8. The van der Waals surface area contributed by atoms with Crippen LogP contribution in [0.4, 0.5) is 0 Å². The van der Waals surface area contributed by atoms with Gasteiger partial charge in [-0.3, -0.25) is 9.78 Å². The van der Waals surface area contributed by atoms with Crippen molar-refractivity contribution in [1.82, 2.24) is 9.88 Å². The molecular formula is C20H19ClN2O3. The lowest BCUT2D eigenvalue weighted by Gasteiger charge is -2.35. The number of morpholine rings is 1. The van der Waals surface area contributed by atoms with Gasteiger partial charge in [-0.25, -0.2) is 0 Å². The summed E-state index contributed by atoms with van der Waals surface area (Å²) >= 11 is 6.14. The Balaban J connectivity index is 1.58. The fraction of sp³-hybridized carbons (Fsp3) is 0.300. The lowest BCUT2D eigenvalue weighted by Crippen LogP contribution is -2.48. The van der Waals surface area contributed by atoms with Crippen LogP contribution in [0.3, 0.4) is 0 Å². The molecule has 0 radical (unpaired) electrons. The Labute approximate surface area is 156 Å². The molecule has 0 aliphatic carbocycles. The molecule has 0 spiro atoms. The van der Waals surface area contributed by atoms with Gasteiger partial charge in [0.25, 0.3) is 5.91 Å². The van der Waals surface area contributed by atoms with E-state index in [1.807, 2.05) is 49.1 Å². The summed E-state index contributed by atoms with van der Waals surface area (Å²) in [5.74, 6) is 0.695. The lowest BCUT2D eigenvalue weighted by atomic mass is 10.1. The van der Waals surface area contributed by atoms with Crippen molar-refractivity contribution in [3.63, 3.8) is 0 Å². The molecular weight excluding hydrogens is 352 g/mol. The molecule has 1 aliphatic rings. The average molecular weight is 371 g/mol. The second-order valence-electron chi connectivity index (χ2n) is 6.66. The zero-order valence-corrected chi connectivity index (χ0v) is 15.4. The van der Waals surface area contributed by atoms with E-state index in [9.17, 15) is 4.79 Å². The molecule has 4 rings (SSSR count). The zero-order chi connectivity index (χ0) is 18.3. The van der Waals surface area contributed by atoms with Gasteiger partial charge in [-0.05, 0) is 32.0 Å². The third kappa shape index (κ3) is 3.20. The average Bonchev–Trinajstić information content (AvgIpc) is 3.06. The van der Waals surface area contributed by atoms with Gasteiger partial charge in [0.05, 0.1) is 17.2 Å². The van der Waals surface area contributed by atoms with Crippen LogP contribution in [-0.2, 0) is 4.74 Å². The molecule has 3 heterocycles. The summed E-state index contributed by atoms with van der Waals surface area (Å²) in [7, 11) is 0. The number of pyridine rings is 1. The van der Waals surface area contributed by atoms with Crippen LogP contribution in [0.2, 0.25) is 5.02 Å². The first-order chi connectivity index (χ1) is 12.5. The summed E-state index contributed by atoms with van der Waals surface area (Å²) in [6, 6.07) is 11.0. The Bertz CT molecular complexity index is 941. The van der Waals surface area contributed by atoms with Crippen LogP contribution in [0.25, 0.3) is 22.4 Å². The highest BCUT2D eigenvalue weighted by molar-refractivity contribution is 6.34. The highest BCUT2D eigenvalue weighted by atomic mass is 35.5. The Kier molecular flexibility index (Phi) is 4.42. The Morgan fingerprint density at radius 2 is 1.85 bits per heavy atom. The SMILES string of the molecule is C[C@@H]1CN(C(=O)c2ccc(-c3cc4nccc(Cl)c4o3)cc2)C[C@@H](C)O1. The molecule has 0 saturated carbocycles. The first-order valence-corrected chi connectivity index (χ1v) is 8.98. The highest BCUT2D eigenvalue weighted by Gasteiger charge is 2.26. The number of fused-ring (bicyclic) bond motifs is 1. The lowest BCUT2D eigenvalue weighted by molar-refractivity contribution is -0.0586. The van der Waals surface area contributed by atoms with Crippen LogP contribution in [0.1, 0.15) is 24.2 Å². The number of hydrogen-bond acceptors (Lipinski definition) is 4. The maximum atomic E-state index is 12.7. The molecule has 2 aromatic heterocycles. The number of furan rings is 1. The number of aromatic nitrogens is 1. The van der Waals surface area contributed by atoms with Crippen molar-refractivity contribution in [2.75, 3.05) is 13.1 Å². The van der Waals surface area contributed by atoms with Gasteiger partial charge in [0.15, 0.2) is 5.58 Å². The van der Waals surface area contributed by atoms with Crippen molar-refractivity contribution in [3.05, 3.63) is 53.2 Å². The number of hydrogen-bond donors (Lipinski definition) is 0. The van der Waals surface area contributed by atoms with Crippen molar-refractivity contribution in [1.29, 1.82) is 0 Å². The predicted molar refractivity (Wildman–Crippen MR) is 100 cm³/mol. The Morgan fingerprint density at radius 3 is 2.50 bits per heavy atom. The monoisotopic (exact) mass is 370 g/mol. The molecule has 0 N–H and O–H groups in total. The molecule has 26 heavy (non-hydrogen) atoms. The molecule has 5 nitrogen and oxygen atoms in total. The number of ether oxygens (including phenoxy) is 1. The minimum Gasteiger partial charge on any atom is -0.453 e. The van der Waals surface area contributed by atoms with E-state index >= 15 is 0 Å². The number of nitrogens with zero attached hydrogens (tertiary/aromatic N) is 2. The molecule has 0 unspecified atom stereocenters. The first kappa shape index (κ1) is 17.1. The predicted octanol–water partition coefficient (Wildman–Crippen LogP) is 4.40. The molecule has 6 heteroatoms. The zero-order valence-electron chi connectivity index (χ0n) is 14.6. The third-order valence-corrected chi connectivity index (χ3v) is 4.78. The van der Waals surface area contributed by atoms with Crippen LogP contribution in [0.15, 0.2) is 47.0 Å². The fourth-order valence-electron chi connectivity index (χ4n) is 3.35. The molecule has 1 aliphatic heterocycles. The van der Waals surface area contributed by atoms with Gasteiger partial charge < -0.3 is 14.1 Å². The summed E-state index contributed by atoms with van der Waals surface area (Å²) in [5, 5.41) is 0.531. The third-order valence-electron chi connectivity index (χ3n) is 4.49. The maximum absolute atomic E-state index is 12.7. The second-order valence-corrected chi connectivity index (χ2v) is 7.07. The van der Waals surface area contributed by atoms with Gasteiger partial charge in [-0.2, -0.15) is 0 Å². The van der Waals surface area contributed by atoms with Crippen LogP contribution < -0.4 is 0 Å². The number of halogens is 1. The van der Waals surface area contributed by atoms with Gasteiger partial charge in [0, 0.05) is 36.5 Å². The largest absolute Gasteiger partial charge is 0.453 e. The maximum Gasteiger partial charge on any atom is 0.254 e. The quantitative estimate of drug-likeness (QED) is 0.671. The number of carbonyl (C=O) groups excluding carboxylic acids is 1. The minimum atomic E-state index is 0.0212. The summed E-state index contributed by atoms with van der Waals surface area (Å²) < 4.78 is 11.5. The van der Waals surface area contributed by atoms with E-state index in [2.05, 4.69) is 4.98 Å². The summed E-state index contributed by atoms with van der Waals surface area (Å²) in [5.41, 5.74) is 2.81. The molecule has 0 bridgehead atoms. The normalized spacial score (nSPS) is 20.5. The topological polar surface area (TPSA) is 55.6 Å². The van der Waals surface area contributed by atoms with Gasteiger partial charge in [-0.15, -0.1) is 0 Å². The van der Waals surface area contributed by atoms with E-state index in [0.29, 0.717) is 40.5 Å². The summed E-state index contributed by atoms with van der Waals surface area (Å²) in [6.45, 7) is 5.19. The van der Waals surface area contributed by atoms with E-state index in [1.165, 1.54) is 0 Å². The molecule has 1 saturated heterocycles. The van der Waals surface area contributed by atoms with Gasteiger partial charge in [-0.1, -0.05) is 23.7 Å². The molecule has 134 valence electrons. The number of rotatable bonds is 2. The standard InChI is InChI=1S/C20H19ClN2O3/c1-12-10-23(11-13(2)25-12)20(24)15-5-3-14(4-6-15)18-9-17-19(26-18)16(21)7-8-22-17/h3-9,12-13H,10-11H2,1-2H3/t12-,13-/m1/s1. The fourth-order valence-corrected chi connectivity index (χ4v) is 3.54. The van der Waals surface area contributed by atoms with Crippen LogP contribution >= 0.6 is 11.6 Å². The second kappa shape index (κ2) is 6.74. The van der Waals surface area contributed by atoms with Crippen molar-refractivity contribution >= 4 is 28.6 Å². The van der Waals surface area contributed by atoms with E-state index in [4.69, 9.17) is 20.8 Å². The number of amides is 1. The molecule has 2 atom stereocenters. The Hall–Kier alpha value is -2.37.